The van der Waals surface area contributed by atoms with E-state index in [-0.39, 0.29) is 11.8 Å². The van der Waals surface area contributed by atoms with E-state index in [4.69, 9.17) is 8.94 Å². The standard InChI is InChI=1S/C18H20N4O3S/c1-11-5-6-15(24-11)18-20-14(10-26-18)8-16(23)22-7-3-4-13(9-22)17-19-12(2)21-25-17/h5-6,10,13H,3-4,7-9H2,1-2H3/t13-/m0/s1. The van der Waals surface area contributed by atoms with Crippen molar-refractivity contribution < 1.29 is 13.7 Å². The Hall–Kier alpha value is -2.48. The Morgan fingerprint density at radius 1 is 1.35 bits per heavy atom. The predicted molar refractivity (Wildman–Crippen MR) is 95.8 cm³/mol. The first-order valence-electron chi connectivity index (χ1n) is 8.67. The minimum atomic E-state index is 0.0819. The number of thiazole rings is 1. The number of amides is 1. The van der Waals surface area contributed by atoms with Gasteiger partial charge in [-0.1, -0.05) is 5.16 Å². The maximum atomic E-state index is 12.7. The summed E-state index contributed by atoms with van der Waals surface area (Å²) in [5.74, 6) is 3.06. The van der Waals surface area contributed by atoms with Crippen LogP contribution in [0.2, 0.25) is 0 Å². The van der Waals surface area contributed by atoms with Crippen molar-refractivity contribution in [3.8, 4) is 10.8 Å². The Labute approximate surface area is 155 Å². The van der Waals surface area contributed by atoms with Crippen LogP contribution in [0.15, 0.2) is 26.5 Å². The monoisotopic (exact) mass is 372 g/mol. The van der Waals surface area contributed by atoms with Gasteiger partial charge >= 0.3 is 0 Å². The van der Waals surface area contributed by atoms with Gasteiger partial charge in [0.05, 0.1) is 18.0 Å². The number of piperidine rings is 1. The number of carbonyl (C=O) groups excluding carboxylic acids is 1. The second-order valence-corrected chi connectivity index (χ2v) is 7.45. The highest BCUT2D eigenvalue weighted by Gasteiger charge is 2.28. The summed E-state index contributed by atoms with van der Waals surface area (Å²) in [6.07, 6.45) is 2.20. The van der Waals surface area contributed by atoms with Gasteiger partial charge in [-0.05, 0) is 38.8 Å². The molecule has 0 spiro atoms. The summed E-state index contributed by atoms with van der Waals surface area (Å²) >= 11 is 1.50. The summed E-state index contributed by atoms with van der Waals surface area (Å²) in [7, 11) is 0. The van der Waals surface area contributed by atoms with Gasteiger partial charge in [-0.15, -0.1) is 11.3 Å². The first kappa shape index (κ1) is 17.0. The molecule has 0 radical (unpaired) electrons. The Balaban J connectivity index is 1.41. The molecule has 136 valence electrons. The average Bonchev–Trinajstić information content (AvgIpc) is 3.36. The first-order chi connectivity index (χ1) is 12.6. The second kappa shape index (κ2) is 7.03. The Kier molecular flexibility index (Phi) is 4.58. The SMILES string of the molecule is Cc1noc([C@H]2CCCN(C(=O)Cc3csc(-c4ccc(C)o4)n3)C2)n1. The van der Waals surface area contributed by atoms with Gasteiger partial charge in [0.1, 0.15) is 5.76 Å². The van der Waals surface area contributed by atoms with Crippen LogP contribution < -0.4 is 0 Å². The van der Waals surface area contributed by atoms with Crippen LogP contribution in [-0.2, 0) is 11.2 Å². The first-order valence-corrected chi connectivity index (χ1v) is 9.55. The molecule has 3 aromatic rings. The third kappa shape index (κ3) is 3.55. The molecule has 1 saturated heterocycles. The molecule has 1 aliphatic heterocycles. The van der Waals surface area contributed by atoms with Crippen LogP contribution >= 0.6 is 11.3 Å². The molecule has 3 aromatic heterocycles. The molecule has 1 atom stereocenters. The van der Waals surface area contributed by atoms with Crippen LogP contribution in [0.3, 0.4) is 0 Å². The van der Waals surface area contributed by atoms with Crippen LogP contribution in [0.4, 0.5) is 0 Å². The zero-order valence-corrected chi connectivity index (χ0v) is 15.6. The molecule has 4 heterocycles. The van der Waals surface area contributed by atoms with Crippen LogP contribution in [0.5, 0.6) is 0 Å². The van der Waals surface area contributed by atoms with Gasteiger partial charge in [0.25, 0.3) is 0 Å². The van der Waals surface area contributed by atoms with E-state index in [0.717, 1.165) is 41.6 Å². The van der Waals surface area contributed by atoms with Crippen molar-refractivity contribution in [2.75, 3.05) is 13.1 Å². The molecular formula is C18H20N4O3S. The number of carbonyl (C=O) groups is 1. The molecular weight excluding hydrogens is 352 g/mol. The maximum absolute atomic E-state index is 12.7. The van der Waals surface area contributed by atoms with Crippen molar-refractivity contribution in [1.82, 2.24) is 20.0 Å². The molecule has 4 rings (SSSR count). The van der Waals surface area contributed by atoms with Crippen LogP contribution in [0.25, 0.3) is 10.8 Å². The second-order valence-electron chi connectivity index (χ2n) is 6.59. The fourth-order valence-corrected chi connectivity index (χ4v) is 3.98. The van der Waals surface area contributed by atoms with E-state index >= 15 is 0 Å². The summed E-state index contributed by atoms with van der Waals surface area (Å²) in [5.41, 5.74) is 0.778. The summed E-state index contributed by atoms with van der Waals surface area (Å²) in [6.45, 7) is 5.09. The number of hydrogen-bond acceptors (Lipinski definition) is 7. The van der Waals surface area contributed by atoms with Crippen molar-refractivity contribution in [2.45, 2.75) is 39.0 Å². The third-order valence-corrected chi connectivity index (χ3v) is 5.41. The van der Waals surface area contributed by atoms with Gasteiger partial charge in [-0.3, -0.25) is 4.79 Å². The fourth-order valence-electron chi connectivity index (χ4n) is 3.20. The summed E-state index contributed by atoms with van der Waals surface area (Å²) < 4.78 is 10.9. The summed E-state index contributed by atoms with van der Waals surface area (Å²) in [6, 6.07) is 3.82. The molecule has 0 aliphatic carbocycles. The topological polar surface area (TPSA) is 85.3 Å². The number of furan rings is 1. The van der Waals surface area contributed by atoms with Gasteiger partial charge < -0.3 is 13.8 Å². The van der Waals surface area contributed by atoms with E-state index in [2.05, 4.69) is 15.1 Å². The molecule has 0 bridgehead atoms. The lowest BCUT2D eigenvalue weighted by Gasteiger charge is -2.30. The maximum Gasteiger partial charge on any atom is 0.231 e. The zero-order valence-electron chi connectivity index (χ0n) is 14.8. The Morgan fingerprint density at radius 2 is 2.23 bits per heavy atom. The highest BCUT2D eigenvalue weighted by molar-refractivity contribution is 7.13. The number of likely N-dealkylation sites (tertiary alicyclic amines) is 1. The molecule has 26 heavy (non-hydrogen) atoms. The quantitative estimate of drug-likeness (QED) is 0.698. The average molecular weight is 372 g/mol. The number of aryl methyl sites for hydroxylation is 2. The molecule has 0 saturated carbocycles. The Morgan fingerprint density at radius 3 is 2.96 bits per heavy atom. The minimum Gasteiger partial charge on any atom is -0.459 e. The molecule has 0 N–H and O–H groups in total. The van der Waals surface area contributed by atoms with Crippen molar-refractivity contribution in [2.24, 2.45) is 0 Å². The van der Waals surface area contributed by atoms with E-state index in [1.54, 1.807) is 6.92 Å². The summed E-state index contributed by atoms with van der Waals surface area (Å²) in [4.78, 5) is 23.4. The van der Waals surface area contributed by atoms with E-state index in [0.29, 0.717) is 24.7 Å². The Bertz CT molecular complexity index is 913. The predicted octanol–water partition coefficient (Wildman–Crippen LogP) is 3.35. The van der Waals surface area contributed by atoms with Gasteiger partial charge in [-0.25, -0.2) is 4.98 Å². The minimum absolute atomic E-state index is 0.0819. The number of aromatic nitrogens is 3. The van der Waals surface area contributed by atoms with Crippen molar-refractivity contribution >= 4 is 17.2 Å². The number of hydrogen-bond donors (Lipinski definition) is 0. The van der Waals surface area contributed by atoms with Crippen LogP contribution in [-0.4, -0.2) is 39.0 Å². The lowest BCUT2D eigenvalue weighted by atomic mass is 9.97. The number of nitrogens with zero attached hydrogens (tertiary/aromatic N) is 4. The fraction of sp³-hybridized carbons (Fsp3) is 0.444. The lowest BCUT2D eigenvalue weighted by molar-refractivity contribution is -0.131. The van der Waals surface area contributed by atoms with Crippen molar-refractivity contribution in [1.29, 1.82) is 0 Å². The van der Waals surface area contributed by atoms with Crippen molar-refractivity contribution in [3.05, 3.63) is 40.7 Å². The van der Waals surface area contributed by atoms with Gasteiger partial charge in [0.15, 0.2) is 16.6 Å². The van der Waals surface area contributed by atoms with E-state index in [1.165, 1.54) is 11.3 Å². The van der Waals surface area contributed by atoms with Gasteiger partial charge in [0, 0.05) is 18.5 Å². The molecule has 1 amide bonds. The molecule has 7 nitrogen and oxygen atoms in total. The molecule has 0 aromatic carbocycles. The van der Waals surface area contributed by atoms with Gasteiger partial charge in [-0.2, -0.15) is 4.98 Å². The molecule has 0 unspecified atom stereocenters. The normalized spacial score (nSPS) is 17.6. The largest absolute Gasteiger partial charge is 0.459 e. The van der Waals surface area contributed by atoms with Gasteiger partial charge in [0.2, 0.25) is 11.8 Å². The van der Waals surface area contributed by atoms with E-state index < -0.39 is 0 Å². The van der Waals surface area contributed by atoms with Crippen LogP contribution in [0.1, 0.15) is 41.9 Å². The van der Waals surface area contributed by atoms with E-state index in [9.17, 15) is 4.79 Å². The third-order valence-electron chi connectivity index (χ3n) is 4.50. The lowest BCUT2D eigenvalue weighted by Crippen LogP contribution is -2.40. The molecule has 1 fully saturated rings. The summed E-state index contributed by atoms with van der Waals surface area (Å²) in [5, 5.41) is 6.58. The molecule has 8 heteroatoms. The highest BCUT2D eigenvalue weighted by Crippen LogP contribution is 2.28. The zero-order chi connectivity index (χ0) is 18.1. The van der Waals surface area contributed by atoms with Crippen LogP contribution in [0, 0.1) is 13.8 Å². The van der Waals surface area contributed by atoms with E-state index in [1.807, 2.05) is 29.3 Å². The smallest absolute Gasteiger partial charge is 0.231 e. The molecule has 1 aliphatic rings. The highest BCUT2D eigenvalue weighted by atomic mass is 32.1. The number of rotatable bonds is 4. The van der Waals surface area contributed by atoms with Crippen molar-refractivity contribution in [3.63, 3.8) is 0 Å².